The Morgan fingerprint density at radius 3 is 2.67 bits per heavy atom. The number of imidazole rings is 1. The fraction of sp³-hybridized carbons (Fsp3) is 0.400. The topological polar surface area (TPSA) is 17.8 Å². The molecule has 0 radical (unpaired) electrons. The molecule has 0 N–H and O–H groups in total. The van der Waals surface area contributed by atoms with Gasteiger partial charge in [-0.05, 0) is 42.6 Å². The second kappa shape index (κ2) is 4.54. The van der Waals surface area contributed by atoms with E-state index >= 15 is 0 Å². The number of aromatic nitrogens is 2. The van der Waals surface area contributed by atoms with E-state index in [4.69, 9.17) is 4.98 Å². The third kappa shape index (κ3) is 1.91. The highest BCUT2D eigenvalue weighted by molar-refractivity contribution is 9.10. The summed E-state index contributed by atoms with van der Waals surface area (Å²) in [7, 11) is 0. The standard InChI is InChI=1S/C15H17BrN2/c1-10-6-8-12(9-7-10)14-15(16)18-11(2)4-3-5-13(18)17-14/h6-9,11H,3-5H2,1-2H3. The molecular formula is C15H17BrN2. The quantitative estimate of drug-likeness (QED) is 0.757. The zero-order chi connectivity index (χ0) is 12.7. The van der Waals surface area contributed by atoms with Crippen LogP contribution in [0.15, 0.2) is 28.9 Å². The molecule has 1 atom stereocenters. The van der Waals surface area contributed by atoms with E-state index in [1.165, 1.54) is 29.8 Å². The van der Waals surface area contributed by atoms with Gasteiger partial charge >= 0.3 is 0 Å². The highest BCUT2D eigenvalue weighted by Gasteiger charge is 2.23. The molecule has 94 valence electrons. The number of fused-ring (bicyclic) bond motifs is 1. The number of rotatable bonds is 1. The van der Waals surface area contributed by atoms with Gasteiger partial charge in [-0.3, -0.25) is 0 Å². The van der Waals surface area contributed by atoms with E-state index in [1.807, 2.05) is 0 Å². The molecule has 1 aromatic heterocycles. The Morgan fingerprint density at radius 2 is 2.00 bits per heavy atom. The van der Waals surface area contributed by atoms with Crippen molar-refractivity contribution >= 4 is 15.9 Å². The number of hydrogen-bond acceptors (Lipinski definition) is 1. The second-order valence-corrected chi connectivity index (χ2v) is 5.90. The van der Waals surface area contributed by atoms with E-state index < -0.39 is 0 Å². The Labute approximate surface area is 116 Å². The Morgan fingerprint density at radius 1 is 1.28 bits per heavy atom. The van der Waals surface area contributed by atoms with E-state index in [2.05, 4.69) is 58.6 Å². The van der Waals surface area contributed by atoms with Gasteiger partial charge in [0.25, 0.3) is 0 Å². The molecule has 1 aliphatic heterocycles. The molecule has 1 unspecified atom stereocenters. The van der Waals surface area contributed by atoms with Gasteiger partial charge in [0.2, 0.25) is 0 Å². The van der Waals surface area contributed by atoms with Gasteiger partial charge in [-0.15, -0.1) is 0 Å². The van der Waals surface area contributed by atoms with Gasteiger partial charge in [-0.1, -0.05) is 29.8 Å². The van der Waals surface area contributed by atoms with Crippen molar-refractivity contribution < 1.29 is 0 Å². The first-order chi connectivity index (χ1) is 8.66. The number of benzene rings is 1. The molecule has 0 bridgehead atoms. The predicted octanol–water partition coefficient (Wildman–Crippen LogP) is 4.52. The fourth-order valence-electron chi connectivity index (χ4n) is 2.66. The van der Waals surface area contributed by atoms with Crippen molar-refractivity contribution in [3.8, 4) is 11.3 Å². The molecule has 1 aliphatic rings. The van der Waals surface area contributed by atoms with Gasteiger partial charge < -0.3 is 4.57 Å². The summed E-state index contributed by atoms with van der Waals surface area (Å²) in [6.07, 6.45) is 3.59. The highest BCUT2D eigenvalue weighted by atomic mass is 79.9. The number of hydrogen-bond donors (Lipinski definition) is 0. The van der Waals surface area contributed by atoms with Gasteiger partial charge in [0.1, 0.15) is 16.1 Å². The minimum absolute atomic E-state index is 0.551. The molecule has 0 spiro atoms. The summed E-state index contributed by atoms with van der Waals surface area (Å²) in [5, 5.41) is 0. The molecule has 1 aromatic carbocycles. The summed E-state index contributed by atoms with van der Waals surface area (Å²) in [6.45, 7) is 4.38. The molecule has 0 fully saturated rings. The molecule has 0 saturated carbocycles. The van der Waals surface area contributed by atoms with Crippen LogP contribution >= 0.6 is 15.9 Å². The van der Waals surface area contributed by atoms with Crippen LogP contribution in [0.5, 0.6) is 0 Å². The summed E-state index contributed by atoms with van der Waals surface area (Å²) in [5.41, 5.74) is 3.56. The summed E-state index contributed by atoms with van der Waals surface area (Å²) in [4.78, 5) is 4.82. The smallest absolute Gasteiger partial charge is 0.113 e. The van der Waals surface area contributed by atoms with Crippen LogP contribution in [0, 0.1) is 6.92 Å². The molecule has 3 heteroatoms. The van der Waals surface area contributed by atoms with Crippen molar-refractivity contribution in [3.63, 3.8) is 0 Å². The highest BCUT2D eigenvalue weighted by Crippen LogP contribution is 2.35. The minimum atomic E-state index is 0.551. The molecule has 18 heavy (non-hydrogen) atoms. The predicted molar refractivity (Wildman–Crippen MR) is 77.7 cm³/mol. The largest absolute Gasteiger partial charge is 0.319 e. The van der Waals surface area contributed by atoms with Gasteiger partial charge in [0.05, 0.1) is 0 Å². The van der Waals surface area contributed by atoms with Crippen molar-refractivity contribution in [3.05, 3.63) is 40.3 Å². The number of nitrogens with zero attached hydrogens (tertiary/aromatic N) is 2. The Bertz CT molecular complexity index is 569. The lowest BCUT2D eigenvalue weighted by molar-refractivity contribution is 0.420. The van der Waals surface area contributed by atoms with E-state index in [-0.39, 0.29) is 0 Å². The average Bonchev–Trinajstić information content (AvgIpc) is 2.69. The van der Waals surface area contributed by atoms with E-state index in [0.717, 1.165) is 16.7 Å². The lowest BCUT2D eigenvalue weighted by Crippen LogP contribution is -2.15. The lowest BCUT2D eigenvalue weighted by Gasteiger charge is -2.22. The molecular weight excluding hydrogens is 288 g/mol. The van der Waals surface area contributed by atoms with Gasteiger partial charge in [0, 0.05) is 18.0 Å². The van der Waals surface area contributed by atoms with Crippen molar-refractivity contribution in [2.45, 2.75) is 39.2 Å². The Kier molecular flexibility index (Phi) is 3.02. The normalized spacial score (nSPS) is 18.7. The maximum atomic E-state index is 4.82. The van der Waals surface area contributed by atoms with Crippen LogP contribution in [0.3, 0.4) is 0 Å². The average molecular weight is 305 g/mol. The molecule has 2 heterocycles. The molecule has 2 aromatic rings. The van der Waals surface area contributed by atoms with Crippen LogP contribution in [0.4, 0.5) is 0 Å². The second-order valence-electron chi connectivity index (χ2n) is 5.14. The SMILES string of the molecule is Cc1ccc(-c2nc3n(c2Br)C(C)CCC3)cc1. The first kappa shape index (κ1) is 12.0. The zero-order valence-corrected chi connectivity index (χ0v) is 12.4. The summed E-state index contributed by atoms with van der Waals surface area (Å²) >= 11 is 3.73. The summed E-state index contributed by atoms with van der Waals surface area (Å²) < 4.78 is 3.48. The molecule has 2 nitrogen and oxygen atoms in total. The monoisotopic (exact) mass is 304 g/mol. The maximum Gasteiger partial charge on any atom is 0.113 e. The minimum Gasteiger partial charge on any atom is -0.319 e. The zero-order valence-electron chi connectivity index (χ0n) is 10.8. The molecule has 3 rings (SSSR count). The third-order valence-electron chi connectivity index (χ3n) is 3.71. The Hall–Kier alpha value is -1.09. The maximum absolute atomic E-state index is 4.82. The summed E-state index contributed by atoms with van der Waals surface area (Å²) in [5.74, 6) is 1.22. The van der Waals surface area contributed by atoms with Crippen LogP contribution < -0.4 is 0 Å². The molecule has 0 aliphatic carbocycles. The van der Waals surface area contributed by atoms with Crippen molar-refractivity contribution in [2.24, 2.45) is 0 Å². The van der Waals surface area contributed by atoms with Crippen LogP contribution in [0.2, 0.25) is 0 Å². The lowest BCUT2D eigenvalue weighted by atomic mass is 10.1. The first-order valence-electron chi connectivity index (χ1n) is 6.50. The van der Waals surface area contributed by atoms with E-state index in [1.54, 1.807) is 0 Å². The van der Waals surface area contributed by atoms with E-state index in [9.17, 15) is 0 Å². The van der Waals surface area contributed by atoms with Crippen LogP contribution in [0.25, 0.3) is 11.3 Å². The van der Waals surface area contributed by atoms with Crippen LogP contribution in [-0.4, -0.2) is 9.55 Å². The fourth-order valence-corrected chi connectivity index (χ4v) is 3.53. The van der Waals surface area contributed by atoms with Gasteiger partial charge in [0.15, 0.2) is 0 Å². The van der Waals surface area contributed by atoms with E-state index in [0.29, 0.717) is 6.04 Å². The molecule has 0 amide bonds. The first-order valence-corrected chi connectivity index (χ1v) is 7.30. The van der Waals surface area contributed by atoms with Crippen molar-refractivity contribution in [1.29, 1.82) is 0 Å². The Balaban J connectivity index is 2.11. The van der Waals surface area contributed by atoms with Crippen LogP contribution in [0.1, 0.15) is 37.2 Å². The summed E-state index contributed by atoms with van der Waals surface area (Å²) in [6, 6.07) is 9.14. The number of halogens is 1. The van der Waals surface area contributed by atoms with Crippen LogP contribution in [-0.2, 0) is 6.42 Å². The van der Waals surface area contributed by atoms with Gasteiger partial charge in [-0.2, -0.15) is 0 Å². The molecule has 0 saturated heterocycles. The van der Waals surface area contributed by atoms with Gasteiger partial charge in [-0.25, -0.2) is 4.98 Å². The third-order valence-corrected chi connectivity index (χ3v) is 4.47. The van der Waals surface area contributed by atoms with Crippen molar-refractivity contribution in [1.82, 2.24) is 9.55 Å². The van der Waals surface area contributed by atoms with Crippen molar-refractivity contribution in [2.75, 3.05) is 0 Å². The number of aryl methyl sites for hydroxylation is 2.